The van der Waals surface area contributed by atoms with E-state index in [1.165, 1.54) is 24.3 Å². The van der Waals surface area contributed by atoms with Gasteiger partial charge in [-0.05, 0) is 73.2 Å². The number of hydrogen-bond acceptors (Lipinski definition) is 4. The summed E-state index contributed by atoms with van der Waals surface area (Å²) in [6.45, 7) is 1.75. The second kappa shape index (κ2) is 9.03. The molecule has 0 atom stereocenters. The maximum Gasteiger partial charge on any atom is 0.271 e. The lowest BCUT2D eigenvalue weighted by atomic mass is 10.1. The molecule has 0 radical (unpaired) electrons. The summed E-state index contributed by atoms with van der Waals surface area (Å²) in [4.78, 5) is 24.5. The number of hydrogen-bond donors (Lipinski definition) is 3. The number of phenolic OH excluding ortho intramolecular Hbond substituents is 1. The summed E-state index contributed by atoms with van der Waals surface area (Å²) in [6.07, 6.45) is 0. The second-order valence-corrected chi connectivity index (χ2v) is 6.66. The molecule has 3 N–H and O–H groups in total. The van der Waals surface area contributed by atoms with E-state index >= 15 is 0 Å². The number of nitrogens with zero attached hydrogens (tertiary/aromatic N) is 1. The van der Waals surface area contributed by atoms with Crippen LogP contribution in [-0.2, 0) is 0 Å². The van der Waals surface area contributed by atoms with E-state index in [1.54, 1.807) is 49.4 Å². The molecule has 0 unspecified atom stereocenters. The molecule has 29 heavy (non-hydrogen) atoms. The molecule has 146 valence electrons. The van der Waals surface area contributed by atoms with Gasteiger partial charge in [-0.3, -0.25) is 9.59 Å². The number of phenols is 1. The van der Waals surface area contributed by atoms with Gasteiger partial charge in [0, 0.05) is 21.8 Å². The van der Waals surface area contributed by atoms with E-state index in [2.05, 4.69) is 15.8 Å². The average molecular weight is 408 g/mol. The summed E-state index contributed by atoms with van der Waals surface area (Å²) in [7, 11) is 0. The van der Waals surface area contributed by atoms with E-state index in [-0.39, 0.29) is 11.7 Å². The highest BCUT2D eigenvalue weighted by molar-refractivity contribution is 6.30. The van der Waals surface area contributed by atoms with E-state index in [0.29, 0.717) is 27.5 Å². The average Bonchev–Trinajstić information content (AvgIpc) is 2.73. The SMILES string of the molecule is C/C(=N/NC(=O)c1ccc(O)cc1)c1cccc(NC(=O)c2ccc(Cl)cc2)c1. The summed E-state index contributed by atoms with van der Waals surface area (Å²) in [5.41, 5.74) is 5.25. The molecule has 0 saturated carbocycles. The van der Waals surface area contributed by atoms with Crippen molar-refractivity contribution in [2.45, 2.75) is 6.92 Å². The highest BCUT2D eigenvalue weighted by Crippen LogP contribution is 2.15. The Morgan fingerprint density at radius 3 is 2.17 bits per heavy atom. The van der Waals surface area contributed by atoms with Crippen LogP contribution in [0.1, 0.15) is 33.2 Å². The first-order valence-electron chi connectivity index (χ1n) is 8.73. The quantitative estimate of drug-likeness (QED) is 0.431. The van der Waals surface area contributed by atoms with Crippen LogP contribution in [0.4, 0.5) is 5.69 Å². The van der Waals surface area contributed by atoms with Gasteiger partial charge < -0.3 is 10.4 Å². The summed E-state index contributed by atoms with van der Waals surface area (Å²) >= 11 is 5.84. The number of anilines is 1. The maximum atomic E-state index is 12.3. The van der Waals surface area contributed by atoms with Gasteiger partial charge in [0.1, 0.15) is 5.75 Å². The van der Waals surface area contributed by atoms with Gasteiger partial charge in [-0.15, -0.1) is 0 Å². The monoisotopic (exact) mass is 407 g/mol. The lowest BCUT2D eigenvalue weighted by molar-refractivity contribution is 0.0954. The van der Waals surface area contributed by atoms with Crippen molar-refractivity contribution >= 4 is 34.8 Å². The molecule has 0 aliphatic heterocycles. The zero-order valence-corrected chi connectivity index (χ0v) is 16.3. The Balaban J connectivity index is 1.68. The molecular formula is C22H18ClN3O3. The normalized spacial score (nSPS) is 11.0. The van der Waals surface area contributed by atoms with E-state index < -0.39 is 5.91 Å². The van der Waals surface area contributed by atoms with Crippen LogP contribution in [0, 0.1) is 0 Å². The molecule has 0 spiro atoms. The molecule has 0 heterocycles. The number of halogens is 1. The van der Waals surface area contributed by atoms with E-state index in [9.17, 15) is 14.7 Å². The lowest BCUT2D eigenvalue weighted by Crippen LogP contribution is -2.19. The Morgan fingerprint density at radius 2 is 1.48 bits per heavy atom. The summed E-state index contributed by atoms with van der Waals surface area (Å²) in [6, 6.07) is 19.6. The Hall–Kier alpha value is -3.64. The zero-order chi connectivity index (χ0) is 20.8. The van der Waals surface area contributed by atoms with Crippen molar-refractivity contribution in [1.82, 2.24) is 5.43 Å². The number of aromatic hydroxyl groups is 1. The number of hydrazone groups is 1. The van der Waals surface area contributed by atoms with Gasteiger partial charge in [0.2, 0.25) is 0 Å². The van der Waals surface area contributed by atoms with Crippen LogP contribution >= 0.6 is 11.6 Å². The minimum absolute atomic E-state index is 0.0821. The molecule has 3 rings (SSSR count). The molecule has 3 aromatic rings. The van der Waals surface area contributed by atoms with Gasteiger partial charge in [-0.2, -0.15) is 5.10 Å². The predicted molar refractivity (Wildman–Crippen MR) is 114 cm³/mol. The number of carbonyl (C=O) groups excluding carboxylic acids is 2. The number of amides is 2. The molecule has 0 saturated heterocycles. The zero-order valence-electron chi connectivity index (χ0n) is 15.5. The number of rotatable bonds is 5. The Bertz CT molecular complexity index is 1060. The van der Waals surface area contributed by atoms with Crippen molar-refractivity contribution in [2.75, 3.05) is 5.32 Å². The highest BCUT2D eigenvalue weighted by Gasteiger charge is 2.08. The van der Waals surface area contributed by atoms with E-state index in [4.69, 9.17) is 11.6 Å². The van der Waals surface area contributed by atoms with Crippen LogP contribution in [0.3, 0.4) is 0 Å². The van der Waals surface area contributed by atoms with Crippen LogP contribution in [0.15, 0.2) is 77.9 Å². The Kier molecular flexibility index (Phi) is 6.26. The van der Waals surface area contributed by atoms with Gasteiger partial charge in [0.05, 0.1) is 5.71 Å². The molecule has 2 amide bonds. The summed E-state index contributed by atoms with van der Waals surface area (Å²) < 4.78 is 0. The highest BCUT2D eigenvalue weighted by atomic mass is 35.5. The Morgan fingerprint density at radius 1 is 0.862 bits per heavy atom. The number of carbonyl (C=O) groups is 2. The molecule has 0 fully saturated rings. The Labute approximate surface area is 172 Å². The first kappa shape index (κ1) is 20.1. The fraction of sp³-hybridized carbons (Fsp3) is 0.0455. The molecule has 6 nitrogen and oxygen atoms in total. The molecular weight excluding hydrogens is 390 g/mol. The topological polar surface area (TPSA) is 90.8 Å². The van der Waals surface area contributed by atoms with Gasteiger partial charge in [0.25, 0.3) is 11.8 Å². The van der Waals surface area contributed by atoms with Gasteiger partial charge >= 0.3 is 0 Å². The molecule has 0 aliphatic rings. The van der Waals surface area contributed by atoms with Gasteiger partial charge in [-0.25, -0.2) is 5.43 Å². The minimum Gasteiger partial charge on any atom is -0.508 e. The summed E-state index contributed by atoms with van der Waals surface area (Å²) in [5.74, 6) is -0.565. The van der Waals surface area contributed by atoms with Crippen molar-refractivity contribution in [1.29, 1.82) is 0 Å². The molecule has 0 bridgehead atoms. The number of benzene rings is 3. The first-order chi connectivity index (χ1) is 13.9. The van der Waals surface area contributed by atoms with E-state index in [0.717, 1.165) is 5.56 Å². The van der Waals surface area contributed by atoms with Crippen LogP contribution in [0.25, 0.3) is 0 Å². The van der Waals surface area contributed by atoms with Gasteiger partial charge in [-0.1, -0.05) is 23.7 Å². The third kappa shape index (κ3) is 5.43. The second-order valence-electron chi connectivity index (χ2n) is 6.23. The van der Waals surface area contributed by atoms with Crippen molar-refractivity contribution in [3.63, 3.8) is 0 Å². The van der Waals surface area contributed by atoms with Crippen LogP contribution < -0.4 is 10.7 Å². The van der Waals surface area contributed by atoms with Crippen LogP contribution in [-0.4, -0.2) is 22.6 Å². The van der Waals surface area contributed by atoms with Crippen LogP contribution in [0.5, 0.6) is 5.75 Å². The predicted octanol–water partition coefficient (Wildman–Crippen LogP) is 4.45. The first-order valence-corrected chi connectivity index (χ1v) is 9.11. The molecule has 7 heteroatoms. The van der Waals surface area contributed by atoms with Crippen molar-refractivity contribution in [2.24, 2.45) is 5.10 Å². The van der Waals surface area contributed by atoms with Crippen molar-refractivity contribution < 1.29 is 14.7 Å². The van der Waals surface area contributed by atoms with Crippen LogP contribution in [0.2, 0.25) is 5.02 Å². The minimum atomic E-state index is -0.392. The lowest BCUT2D eigenvalue weighted by Gasteiger charge is -2.08. The number of nitrogens with one attached hydrogen (secondary N) is 2. The third-order valence-electron chi connectivity index (χ3n) is 4.10. The fourth-order valence-corrected chi connectivity index (χ4v) is 2.63. The van der Waals surface area contributed by atoms with Crippen molar-refractivity contribution in [3.05, 3.63) is 94.5 Å². The summed E-state index contributed by atoms with van der Waals surface area (Å²) in [5, 5.41) is 16.8. The fourth-order valence-electron chi connectivity index (χ4n) is 2.50. The standard InChI is InChI=1S/C22H18ClN3O3/c1-14(25-26-22(29)16-7-11-20(27)12-8-16)17-3-2-4-19(13-17)24-21(28)15-5-9-18(23)10-6-15/h2-13,27H,1H3,(H,24,28)(H,26,29)/b25-14-. The smallest absolute Gasteiger partial charge is 0.271 e. The third-order valence-corrected chi connectivity index (χ3v) is 4.35. The molecule has 3 aromatic carbocycles. The molecule has 0 aliphatic carbocycles. The maximum absolute atomic E-state index is 12.3. The largest absolute Gasteiger partial charge is 0.508 e. The molecule has 0 aromatic heterocycles. The van der Waals surface area contributed by atoms with Gasteiger partial charge in [0.15, 0.2) is 0 Å². The van der Waals surface area contributed by atoms with E-state index in [1.807, 2.05) is 6.07 Å². The van der Waals surface area contributed by atoms with Crippen molar-refractivity contribution in [3.8, 4) is 5.75 Å².